The summed E-state index contributed by atoms with van der Waals surface area (Å²) >= 11 is 0. The Morgan fingerprint density at radius 1 is 1.43 bits per heavy atom. The van der Waals surface area contributed by atoms with Crippen molar-refractivity contribution in [2.24, 2.45) is 5.14 Å². The Kier molecular flexibility index (Phi) is 6.60. The Bertz CT molecular complexity index is 575. The quantitative estimate of drug-likeness (QED) is 0.644. The molecule has 8 heteroatoms. The number of rotatable bonds is 7. The van der Waals surface area contributed by atoms with Gasteiger partial charge in [-0.2, -0.15) is 0 Å². The predicted octanol–water partition coefficient (Wildman–Crippen LogP) is 0.731. The summed E-state index contributed by atoms with van der Waals surface area (Å²) in [4.78, 5) is 11.7. The molecular weight excluding hydrogens is 294 g/mol. The predicted molar refractivity (Wildman–Crippen MR) is 79.3 cm³/mol. The zero-order chi connectivity index (χ0) is 15.9. The number of sulfonamides is 1. The lowest BCUT2D eigenvalue weighted by molar-refractivity contribution is 0.195. The first-order valence-corrected chi connectivity index (χ1v) is 8.09. The molecule has 0 aliphatic rings. The lowest BCUT2D eigenvalue weighted by atomic mass is 10.1. The van der Waals surface area contributed by atoms with Crippen molar-refractivity contribution in [3.8, 4) is 0 Å². The van der Waals surface area contributed by atoms with Crippen LogP contribution in [-0.4, -0.2) is 34.7 Å². The SMILES string of the molecule is CC[C@@H](NC(=O)NCCOC)c1cccc(S(N)(=O)=O)c1. The van der Waals surface area contributed by atoms with Crippen LogP contribution in [0.3, 0.4) is 0 Å². The largest absolute Gasteiger partial charge is 0.383 e. The van der Waals surface area contributed by atoms with Crippen LogP contribution in [0.15, 0.2) is 29.2 Å². The van der Waals surface area contributed by atoms with Gasteiger partial charge in [0.15, 0.2) is 0 Å². The molecule has 1 atom stereocenters. The van der Waals surface area contributed by atoms with Crippen molar-refractivity contribution in [3.63, 3.8) is 0 Å². The molecule has 0 radical (unpaired) electrons. The van der Waals surface area contributed by atoms with E-state index in [4.69, 9.17) is 9.88 Å². The van der Waals surface area contributed by atoms with Gasteiger partial charge in [0.2, 0.25) is 10.0 Å². The van der Waals surface area contributed by atoms with Gasteiger partial charge >= 0.3 is 6.03 Å². The molecule has 0 spiro atoms. The molecule has 7 nitrogen and oxygen atoms in total. The van der Waals surface area contributed by atoms with Gasteiger partial charge in [0.25, 0.3) is 0 Å². The Hall–Kier alpha value is -1.64. The van der Waals surface area contributed by atoms with E-state index in [1.807, 2.05) is 6.92 Å². The molecular formula is C13H21N3O4S. The van der Waals surface area contributed by atoms with Gasteiger partial charge in [-0.15, -0.1) is 0 Å². The third-order valence-electron chi connectivity index (χ3n) is 2.89. The van der Waals surface area contributed by atoms with E-state index >= 15 is 0 Å². The van der Waals surface area contributed by atoms with E-state index in [1.54, 1.807) is 19.2 Å². The molecule has 118 valence electrons. The number of ether oxygens (including phenoxy) is 1. The van der Waals surface area contributed by atoms with E-state index in [1.165, 1.54) is 12.1 Å². The number of nitrogens with two attached hydrogens (primary N) is 1. The summed E-state index contributed by atoms with van der Waals surface area (Å²) in [5.41, 5.74) is 0.686. The number of carbonyl (C=O) groups excluding carboxylic acids is 1. The molecule has 0 aliphatic heterocycles. The summed E-state index contributed by atoms with van der Waals surface area (Å²) in [6.45, 7) is 2.71. The van der Waals surface area contributed by atoms with Gasteiger partial charge < -0.3 is 15.4 Å². The Morgan fingerprint density at radius 2 is 2.14 bits per heavy atom. The maximum atomic E-state index is 11.7. The number of hydrogen-bond donors (Lipinski definition) is 3. The van der Waals surface area contributed by atoms with Crippen molar-refractivity contribution in [1.82, 2.24) is 10.6 Å². The van der Waals surface area contributed by atoms with E-state index in [0.717, 1.165) is 0 Å². The van der Waals surface area contributed by atoms with Gasteiger partial charge in [0, 0.05) is 13.7 Å². The lowest BCUT2D eigenvalue weighted by Crippen LogP contribution is -2.39. The minimum absolute atomic E-state index is 0.0278. The van der Waals surface area contributed by atoms with Crippen LogP contribution < -0.4 is 15.8 Å². The maximum Gasteiger partial charge on any atom is 0.315 e. The summed E-state index contributed by atoms with van der Waals surface area (Å²) in [5, 5.41) is 10.5. The van der Waals surface area contributed by atoms with Gasteiger partial charge in [-0.05, 0) is 24.1 Å². The van der Waals surface area contributed by atoms with Crippen LogP contribution in [0.25, 0.3) is 0 Å². The van der Waals surface area contributed by atoms with Gasteiger partial charge in [-0.25, -0.2) is 18.4 Å². The minimum atomic E-state index is -3.76. The second kappa shape index (κ2) is 7.96. The summed E-state index contributed by atoms with van der Waals surface area (Å²) in [6, 6.07) is 5.61. The van der Waals surface area contributed by atoms with Crippen LogP contribution in [0, 0.1) is 0 Å². The molecule has 0 unspecified atom stereocenters. The van der Waals surface area contributed by atoms with E-state index < -0.39 is 10.0 Å². The number of benzene rings is 1. The molecule has 1 rings (SSSR count). The first kappa shape index (κ1) is 17.4. The smallest absolute Gasteiger partial charge is 0.315 e. The maximum absolute atomic E-state index is 11.7. The second-order valence-electron chi connectivity index (χ2n) is 4.47. The van der Waals surface area contributed by atoms with Crippen molar-refractivity contribution in [1.29, 1.82) is 0 Å². The van der Waals surface area contributed by atoms with Crippen LogP contribution >= 0.6 is 0 Å². The average Bonchev–Trinajstić information content (AvgIpc) is 2.44. The molecule has 1 aromatic rings. The highest BCUT2D eigenvalue weighted by Gasteiger charge is 2.15. The number of amides is 2. The summed E-state index contributed by atoms with van der Waals surface area (Å²) in [6.07, 6.45) is 0.617. The molecule has 0 aliphatic carbocycles. The zero-order valence-corrected chi connectivity index (χ0v) is 12.9. The van der Waals surface area contributed by atoms with Crippen molar-refractivity contribution >= 4 is 16.1 Å². The fraction of sp³-hybridized carbons (Fsp3) is 0.462. The van der Waals surface area contributed by atoms with E-state index in [9.17, 15) is 13.2 Å². The molecule has 1 aromatic carbocycles. The van der Waals surface area contributed by atoms with Crippen LogP contribution in [0.4, 0.5) is 4.79 Å². The van der Waals surface area contributed by atoms with Crippen molar-refractivity contribution in [2.45, 2.75) is 24.3 Å². The van der Waals surface area contributed by atoms with Crippen LogP contribution in [0.5, 0.6) is 0 Å². The van der Waals surface area contributed by atoms with Crippen LogP contribution in [0.2, 0.25) is 0 Å². The topological polar surface area (TPSA) is 111 Å². The van der Waals surface area contributed by atoms with Gasteiger partial charge in [0.05, 0.1) is 17.5 Å². The van der Waals surface area contributed by atoms with Crippen molar-refractivity contribution in [2.75, 3.05) is 20.3 Å². The molecule has 0 saturated carbocycles. The molecule has 0 heterocycles. The average molecular weight is 315 g/mol. The summed E-state index contributed by atoms with van der Waals surface area (Å²) < 4.78 is 27.6. The zero-order valence-electron chi connectivity index (χ0n) is 12.1. The molecule has 4 N–H and O–H groups in total. The van der Waals surface area contributed by atoms with Gasteiger partial charge in [0.1, 0.15) is 0 Å². The Labute approximate surface area is 124 Å². The first-order valence-electron chi connectivity index (χ1n) is 6.54. The number of primary sulfonamides is 1. The standard InChI is InChI=1S/C13H21N3O4S/c1-3-12(16-13(17)15-7-8-20-2)10-5-4-6-11(9-10)21(14,18)19/h4-6,9,12H,3,7-8H2,1-2H3,(H2,14,18,19)(H2,15,16,17)/t12-/m1/s1. The van der Waals surface area contributed by atoms with Crippen LogP contribution in [-0.2, 0) is 14.8 Å². The fourth-order valence-corrected chi connectivity index (χ4v) is 2.37. The monoisotopic (exact) mass is 315 g/mol. The molecule has 0 fully saturated rings. The highest BCUT2D eigenvalue weighted by Crippen LogP contribution is 2.19. The number of nitrogens with one attached hydrogen (secondary N) is 2. The minimum Gasteiger partial charge on any atom is -0.383 e. The fourth-order valence-electron chi connectivity index (χ4n) is 1.81. The highest BCUT2D eigenvalue weighted by atomic mass is 32.2. The molecule has 21 heavy (non-hydrogen) atoms. The summed E-state index contributed by atoms with van der Waals surface area (Å²) in [5.74, 6) is 0. The Morgan fingerprint density at radius 3 is 2.71 bits per heavy atom. The number of urea groups is 1. The van der Waals surface area contributed by atoms with E-state index in [0.29, 0.717) is 25.1 Å². The first-order chi connectivity index (χ1) is 9.88. The van der Waals surface area contributed by atoms with Gasteiger partial charge in [-0.1, -0.05) is 19.1 Å². The molecule has 2 amide bonds. The highest BCUT2D eigenvalue weighted by molar-refractivity contribution is 7.89. The number of methoxy groups -OCH3 is 1. The lowest BCUT2D eigenvalue weighted by Gasteiger charge is -2.18. The van der Waals surface area contributed by atoms with Crippen molar-refractivity contribution in [3.05, 3.63) is 29.8 Å². The second-order valence-corrected chi connectivity index (χ2v) is 6.03. The molecule has 0 aromatic heterocycles. The van der Waals surface area contributed by atoms with Crippen molar-refractivity contribution < 1.29 is 17.9 Å². The summed E-state index contributed by atoms with van der Waals surface area (Å²) in [7, 11) is -2.21. The Balaban J connectivity index is 2.79. The molecule has 0 bridgehead atoms. The number of hydrogen-bond acceptors (Lipinski definition) is 4. The third kappa shape index (κ3) is 5.70. The van der Waals surface area contributed by atoms with Crippen LogP contribution in [0.1, 0.15) is 24.9 Å². The van der Waals surface area contributed by atoms with E-state index in [2.05, 4.69) is 10.6 Å². The molecule has 0 saturated heterocycles. The van der Waals surface area contributed by atoms with E-state index in [-0.39, 0.29) is 17.0 Å². The third-order valence-corrected chi connectivity index (χ3v) is 3.81. The van der Waals surface area contributed by atoms with Gasteiger partial charge in [-0.3, -0.25) is 0 Å². The number of carbonyl (C=O) groups is 1. The normalized spacial score (nSPS) is 12.7.